The van der Waals surface area contributed by atoms with Crippen molar-refractivity contribution >= 4 is 28.5 Å². The van der Waals surface area contributed by atoms with E-state index in [1.807, 2.05) is 56.5 Å². The Morgan fingerprint density at radius 3 is 2.50 bits per heavy atom. The Labute approximate surface area is 170 Å². The first kappa shape index (κ1) is 21.9. The normalized spacial score (nSPS) is 11.1. The van der Waals surface area contributed by atoms with Gasteiger partial charge in [-0.15, -0.1) is 11.3 Å². The number of nitrogens with zero attached hydrogens (tertiary/aromatic N) is 1. The number of ether oxygens (including phenoxy) is 1. The summed E-state index contributed by atoms with van der Waals surface area (Å²) in [4.78, 5) is 28.0. The lowest BCUT2D eigenvalue weighted by atomic mass is 10.1. The summed E-state index contributed by atoms with van der Waals surface area (Å²) < 4.78 is 5.18. The molecule has 2 N–H and O–H groups in total. The SMILES string of the molecule is CC(C)(C)OC(=O)NCCCCCCC(=O)Nc1nc(-c2ccccc2)cs1. The molecule has 0 bridgehead atoms. The number of benzene rings is 1. The predicted molar refractivity (Wildman–Crippen MR) is 114 cm³/mol. The summed E-state index contributed by atoms with van der Waals surface area (Å²) in [5.74, 6) is -0.0131. The van der Waals surface area contributed by atoms with Crippen LogP contribution < -0.4 is 10.6 Å². The van der Waals surface area contributed by atoms with Crippen molar-refractivity contribution in [3.05, 3.63) is 35.7 Å². The lowest BCUT2D eigenvalue weighted by Crippen LogP contribution is -2.32. The van der Waals surface area contributed by atoms with Gasteiger partial charge in [-0.05, 0) is 33.6 Å². The highest BCUT2D eigenvalue weighted by molar-refractivity contribution is 7.14. The number of thiazole rings is 1. The van der Waals surface area contributed by atoms with E-state index in [1.54, 1.807) is 0 Å². The van der Waals surface area contributed by atoms with E-state index >= 15 is 0 Å². The first-order valence-electron chi connectivity index (χ1n) is 9.61. The molecule has 6 nitrogen and oxygen atoms in total. The zero-order valence-corrected chi connectivity index (χ0v) is 17.6. The van der Waals surface area contributed by atoms with Crippen LogP contribution in [-0.2, 0) is 9.53 Å². The highest BCUT2D eigenvalue weighted by Crippen LogP contribution is 2.24. The minimum Gasteiger partial charge on any atom is -0.444 e. The molecular weight excluding hydrogens is 374 g/mol. The number of unbranched alkanes of at least 4 members (excludes halogenated alkanes) is 3. The quantitative estimate of drug-likeness (QED) is 0.562. The van der Waals surface area contributed by atoms with E-state index in [1.165, 1.54) is 11.3 Å². The molecule has 1 aromatic carbocycles. The van der Waals surface area contributed by atoms with Crippen LogP contribution >= 0.6 is 11.3 Å². The van der Waals surface area contributed by atoms with Crippen LogP contribution in [0.25, 0.3) is 11.3 Å². The Kier molecular flexibility index (Phi) is 8.44. The smallest absolute Gasteiger partial charge is 0.407 e. The zero-order valence-electron chi connectivity index (χ0n) is 16.8. The summed E-state index contributed by atoms with van der Waals surface area (Å²) >= 11 is 1.43. The van der Waals surface area contributed by atoms with Gasteiger partial charge in [0.15, 0.2) is 5.13 Å². The molecule has 0 atom stereocenters. The molecule has 0 aliphatic carbocycles. The van der Waals surface area contributed by atoms with Crippen molar-refractivity contribution in [3.8, 4) is 11.3 Å². The van der Waals surface area contributed by atoms with Gasteiger partial charge in [0.05, 0.1) is 5.69 Å². The van der Waals surface area contributed by atoms with Gasteiger partial charge in [-0.1, -0.05) is 43.2 Å². The third-order valence-electron chi connectivity index (χ3n) is 3.82. The molecule has 28 heavy (non-hydrogen) atoms. The Morgan fingerprint density at radius 2 is 1.79 bits per heavy atom. The Bertz CT molecular complexity index is 754. The van der Waals surface area contributed by atoms with Gasteiger partial charge in [-0.3, -0.25) is 4.79 Å². The van der Waals surface area contributed by atoms with Crippen molar-refractivity contribution in [2.75, 3.05) is 11.9 Å². The number of hydrogen-bond donors (Lipinski definition) is 2. The fourth-order valence-corrected chi connectivity index (χ4v) is 3.26. The van der Waals surface area contributed by atoms with E-state index in [-0.39, 0.29) is 12.0 Å². The van der Waals surface area contributed by atoms with Gasteiger partial charge in [-0.2, -0.15) is 0 Å². The molecule has 0 radical (unpaired) electrons. The van der Waals surface area contributed by atoms with Gasteiger partial charge in [0.1, 0.15) is 5.60 Å². The van der Waals surface area contributed by atoms with E-state index in [0.717, 1.165) is 36.9 Å². The van der Waals surface area contributed by atoms with Crippen LogP contribution in [0.15, 0.2) is 35.7 Å². The molecule has 0 fully saturated rings. The summed E-state index contributed by atoms with van der Waals surface area (Å²) in [5, 5.41) is 8.18. The van der Waals surface area contributed by atoms with Crippen molar-refractivity contribution in [2.45, 2.75) is 58.5 Å². The average molecular weight is 404 g/mol. The molecule has 2 aromatic rings. The van der Waals surface area contributed by atoms with Gasteiger partial charge in [0.2, 0.25) is 5.91 Å². The van der Waals surface area contributed by atoms with Crippen molar-refractivity contribution in [2.24, 2.45) is 0 Å². The van der Waals surface area contributed by atoms with Crippen LogP contribution in [0.5, 0.6) is 0 Å². The average Bonchev–Trinajstić information content (AvgIpc) is 3.08. The summed E-state index contributed by atoms with van der Waals surface area (Å²) in [6.45, 7) is 6.10. The maximum atomic E-state index is 12.1. The first-order chi connectivity index (χ1) is 13.3. The lowest BCUT2D eigenvalue weighted by Gasteiger charge is -2.19. The summed E-state index contributed by atoms with van der Waals surface area (Å²) in [6.07, 6.45) is 3.67. The van der Waals surface area contributed by atoms with E-state index in [2.05, 4.69) is 15.6 Å². The summed E-state index contributed by atoms with van der Waals surface area (Å²) in [6, 6.07) is 9.90. The molecule has 0 aliphatic heterocycles. The number of carbonyl (C=O) groups excluding carboxylic acids is 2. The van der Waals surface area contributed by atoms with Crippen molar-refractivity contribution in [3.63, 3.8) is 0 Å². The fourth-order valence-electron chi connectivity index (χ4n) is 2.52. The summed E-state index contributed by atoms with van der Waals surface area (Å²) in [7, 11) is 0. The molecule has 1 heterocycles. The predicted octanol–water partition coefficient (Wildman–Crippen LogP) is 5.22. The Morgan fingerprint density at radius 1 is 1.07 bits per heavy atom. The molecule has 0 spiro atoms. The number of hydrogen-bond acceptors (Lipinski definition) is 5. The van der Waals surface area contributed by atoms with Gasteiger partial charge in [0.25, 0.3) is 0 Å². The molecule has 0 unspecified atom stereocenters. The standard InChI is InChI=1S/C21H29N3O3S/c1-21(2,3)27-20(26)22-14-10-5-4-9-13-18(25)24-19-23-17(15-28-19)16-11-7-6-8-12-16/h6-8,11-12,15H,4-5,9-10,13-14H2,1-3H3,(H,22,26)(H,23,24,25). The monoisotopic (exact) mass is 403 g/mol. The van der Waals surface area contributed by atoms with Gasteiger partial charge < -0.3 is 15.4 Å². The van der Waals surface area contributed by atoms with E-state index in [0.29, 0.717) is 18.1 Å². The minimum atomic E-state index is -0.475. The van der Waals surface area contributed by atoms with Crippen LogP contribution in [0, 0.1) is 0 Å². The number of carbonyl (C=O) groups is 2. The molecule has 7 heteroatoms. The van der Waals surface area contributed by atoms with Crippen LogP contribution in [0.1, 0.15) is 52.9 Å². The second kappa shape index (κ2) is 10.8. The highest BCUT2D eigenvalue weighted by Gasteiger charge is 2.15. The van der Waals surface area contributed by atoms with Crippen LogP contribution in [-0.4, -0.2) is 29.1 Å². The van der Waals surface area contributed by atoms with Crippen LogP contribution in [0.2, 0.25) is 0 Å². The molecule has 0 aliphatic rings. The number of aromatic nitrogens is 1. The molecular formula is C21H29N3O3S. The maximum Gasteiger partial charge on any atom is 0.407 e. The van der Waals surface area contributed by atoms with Crippen molar-refractivity contribution in [1.82, 2.24) is 10.3 Å². The third-order valence-corrected chi connectivity index (χ3v) is 4.58. The number of nitrogens with one attached hydrogen (secondary N) is 2. The van der Waals surface area contributed by atoms with E-state index in [4.69, 9.17) is 4.74 Å². The zero-order chi connectivity index (χ0) is 20.4. The first-order valence-corrected chi connectivity index (χ1v) is 10.5. The molecule has 0 saturated heterocycles. The highest BCUT2D eigenvalue weighted by atomic mass is 32.1. The van der Waals surface area contributed by atoms with Crippen LogP contribution in [0.3, 0.4) is 0 Å². The van der Waals surface area contributed by atoms with Crippen molar-refractivity contribution < 1.29 is 14.3 Å². The van der Waals surface area contributed by atoms with Gasteiger partial charge in [-0.25, -0.2) is 9.78 Å². The summed E-state index contributed by atoms with van der Waals surface area (Å²) in [5.41, 5.74) is 1.44. The minimum absolute atomic E-state index is 0.0131. The van der Waals surface area contributed by atoms with E-state index in [9.17, 15) is 9.59 Å². The topological polar surface area (TPSA) is 80.3 Å². The lowest BCUT2D eigenvalue weighted by molar-refractivity contribution is -0.116. The third kappa shape index (κ3) is 8.52. The Hall–Kier alpha value is -2.41. The largest absolute Gasteiger partial charge is 0.444 e. The Balaban J connectivity index is 1.56. The number of amides is 2. The molecule has 1 aromatic heterocycles. The maximum absolute atomic E-state index is 12.1. The second-order valence-corrected chi connectivity index (χ2v) is 8.40. The number of alkyl carbamates (subject to hydrolysis) is 1. The molecule has 2 amide bonds. The second-order valence-electron chi connectivity index (χ2n) is 7.54. The molecule has 152 valence electrons. The van der Waals surface area contributed by atoms with E-state index < -0.39 is 5.60 Å². The van der Waals surface area contributed by atoms with Crippen molar-refractivity contribution in [1.29, 1.82) is 0 Å². The van der Waals surface area contributed by atoms with Gasteiger partial charge >= 0.3 is 6.09 Å². The van der Waals surface area contributed by atoms with Crippen LogP contribution in [0.4, 0.5) is 9.93 Å². The molecule has 0 saturated carbocycles. The van der Waals surface area contributed by atoms with Gasteiger partial charge in [0, 0.05) is 23.9 Å². The number of rotatable bonds is 9. The molecule has 2 rings (SSSR count). The number of anilines is 1. The fraction of sp³-hybridized carbons (Fsp3) is 0.476.